The van der Waals surface area contributed by atoms with Crippen LogP contribution in [0.5, 0.6) is 0 Å². The van der Waals surface area contributed by atoms with Gasteiger partial charge in [-0.3, -0.25) is 0 Å². The zero-order valence-electron chi connectivity index (χ0n) is 13.3. The molecule has 0 aliphatic heterocycles. The predicted molar refractivity (Wildman–Crippen MR) is 83.3 cm³/mol. The van der Waals surface area contributed by atoms with Crippen molar-refractivity contribution in [2.24, 2.45) is 0 Å². The van der Waals surface area contributed by atoms with Crippen LogP contribution < -0.4 is 16.4 Å². The van der Waals surface area contributed by atoms with E-state index in [4.69, 9.17) is 10.5 Å². The Hall–Kier alpha value is -2.12. The molecule has 0 spiro atoms. The van der Waals surface area contributed by atoms with Gasteiger partial charge in [0, 0.05) is 12.1 Å². The Morgan fingerprint density at radius 1 is 1.23 bits per heavy atom. The normalized spacial score (nSPS) is 22.0. The summed E-state index contributed by atoms with van der Waals surface area (Å²) in [5.41, 5.74) is 5.06. The average molecular weight is 308 g/mol. The Kier molecular flexibility index (Phi) is 4.99. The molecule has 1 amide bonds. The minimum Gasteiger partial charge on any atom is -0.444 e. The maximum atomic E-state index is 11.7. The number of hydrogen-bond donors (Lipinski definition) is 3. The molecular formula is C14H24N6O2. The quantitative estimate of drug-likeness (QED) is 0.778. The van der Waals surface area contributed by atoms with Crippen molar-refractivity contribution in [3.8, 4) is 0 Å². The van der Waals surface area contributed by atoms with Crippen LogP contribution in [0.1, 0.15) is 46.5 Å². The molecule has 1 fully saturated rings. The highest BCUT2D eigenvalue weighted by atomic mass is 16.6. The van der Waals surface area contributed by atoms with Gasteiger partial charge in [-0.05, 0) is 46.5 Å². The van der Waals surface area contributed by atoms with Gasteiger partial charge in [-0.25, -0.2) is 14.8 Å². The molecule has 4 N–H and O–H groups in total. The van der Waals surface area contributed by atoms with Crippen LogP contribution in [0, 0.1) is 0 Å². The standard InChI is InChI=1S/C14H24N6O2/c1-14(2,3)22-13(21)19-10-6-4-9(5-7-10)18-12-17-8-16-11(15)20-12/h8-10H,4-7H2,1-3H3,(H,19,21)(H3,15,16,17,18,20). The molecule has 122 valence electrons. The van der Waals surface area contributed by atoms with Crippen molar-refractivity contribution in [1.82, 2.24) is 20.3 Å². The van der Waals surface area contributed by atoms with Crippen LogP contribution in [0.25, 0.3) is 0 Å². The number of nitrogens with one attached hydrogen (secondary N) is 2. The average Bonchev–Trinajstić information content (AvgIpc) is 2.39. The fourth-order valence-corrected chi connectivity index (χ4v) is 2.42. The third-order valence-electron chi connectivity index (χ3n) is 3.37. The van der Waals surface area contributed by atoms with Crippen molar-refractivity contribution in [2.75, 3.05) is 11.1 Å². The molecule has 8 heteroatoms. The monoisotopic (exact) mass is 308 g/mol. The summed E-state index contributed by atoms with van der Waals surface area (Å²) in [4.78, 5) is 23.6. The van der Waals surface area contributed by atoms with Gasteiger partial charge in [0.05, 0.1) is 0 Å². The molecule has 0 saturated heterocycles. The maximum absolute atomic E-state index is 11.7. The molecular weight excluding hydrogens is 284 g/mol. The van der Waals surface area contributed by atoms with E-state index in [0.717, 1.165) is 25.7 Å². The number of rotatable bonds is 3. The Bertz CT molecular complexity index is 508. The van der Waals surface area contributed by atoms with E-state index in [0.29, 0.717) is 5.95 Å². The minimum atomic E-state index is -0.471. The smallest absolute Gasteiger partial charge is 0.407 e. The number of hydrogen-bond acceptors (Lipinski definition) is 7. The van der Waals surface area contributed by atoms with Crippen molar-refractivity contribution in [3.05, 3.63) is 6.33 Å². The van der Waals surface area contributed by atoms with Gasteiger partial charge < -0.3 is 21.1 Å². The topological polar surface area (TPSA) is 115 Å². The number of nitrogens with two attached hydrogens (primary N) is 1. The van der Waals surface area contributed by atoms with E-state index in [1.807, 2.05) is 20.8 Å². The lowest BCUT2D eigenvalue weighted by atomic mass is 9.91. The number of carbonyl (C=O) groups excluding carboxylic acids is 1. The zero-order valence-corrected chi connectivity index (χ0v) is 13.3. The van der Waals surface area contributed by atoms with Gasteiger partial charge in [0.1, 0.15) is 11.9 Å². The third kappa shape index (κ3) is 5.34. The molecule has 8 nitrogen and oxygen atoms in total. The largest absolute Gasteiger partial charge is 0.444 e. The number of anilines is 2. The first-order valence-electron chi connectivity index (χ1n) is 7.52. The van der Waals surface area contributed by atoms with E-state index in [9.17, 15) is 4.79 Å². The number of ether oxygens (including phenoxy) is 1. The van der Waals surface area contributed by atoms with Gasteiger partial charge in [-0.15, -0.1) is 0 Å². The molecule has 0 atom stereocenters. The molecule has 1 aliphatic rings. The lowest BCUT2D eigenvalue weighted by molar-refractivity contribution is 0.0492. The molecule has 1 aliphatic carbocycles. The summed E-state index contributed by atoms with van der Waals surface area (Å²) >= 11 is 0. The summed E-state index contributed by atoms with van der Waals surface area (Å²) in [5.74, 6) is 0.703. The fourth-order valence-electron chi connectivity index (χ4n) is 2.42. The summed E-state index contributed by atoms with van der Waals surface area (Å²) in [6, 6.07) is 0.426. The Labute approximate surface area is 130 Å². The van der Waals surface area contributed by atoms with Crippen LogP contribution >= 0.6 is 0 Å². The lowest BCUT2D eigenvalue weighted by Crippen LogP contribution is -2.42. The van der Waals surface area contributed by atoms with Gasteiger partial charge in [-0.1, -0.05) is 0 Å². The Morgan fingerprint density at radius 3 is 2.45 bits per heavy atom. The van der Waals surface area contributed by atoms with E-state index in [1.165, 1.54) is 6.33 Å². The van der Waals surface area contributed by atoms with Gasteiger partial charge in [0.25, 0.3) is 0 Å². The molecule has 22 heavy (non-hydrogen) atoms. The molecule has 1 heterocycles. The van der Waals surface area contributed by atoms with Gasteiger partial charge in [0.2, 0.25) is 11.9 Å². The molecule has 0 bridgehead atoms. The van der Waals surface area contributed by atoms with Crippen molar-refractivity contribution >= 4 is 18.0 Å². The SMILES string of the molecule is CC(C)(C)OC(=O)NC1CCC(Nc2ncnc(N)n2)CC1. The summed E-state index contributed by atoms with van der Waals surface area (Å²) < 4.78 is 5.27. The van der Waals surface area contributed by atoms with Crippen LogP contribution in [0.15, 0.2) is 6.33 Å². The van der Waals surface area contributed by atoms with Crippen LogP contribution in [0.4, 0.5) is 16.7 Å². The van der Waals surface area contributed by atoms with Crippen LogP contribution in [-0.2, 0) is 4.74 Å². The van der Waals surface area contributed by atoms with Crippen molar-refractivity contribution in [1.29, 1.82) is 0 Å². The molecule has 1 aromatic heterocycles. The van der Waals surface area contributed by atoms with E-state index in [-0.39, 0.29) is 24.1 Å². The molecule has 0 aromatic carbocycles. The first-order chi connectivity index (χ1) is 10.3. The minimum absolute atomic E-state index is 0.149. The molecule has 0 radical (unpaired) electrons. The third-order valence-corrected chi connectivity index (χ3v) is 3.37. The van der Waals surface area contributed by atoms with Crippen LogP contribution in [0.2, 0.25) is 0 Å². The summed E-state index contributed by atoms with van der Waals surface area (Å²) in [6.07, 6.45) is 4.65. The first kappa shape index (κ1) is 16.3. The number of nitrogens with zero attached hydrogens (tertiary/aromatic N) is 3. The summed E-state index contributed by atoms with van der Waals surface area (Å²) in [7, 11) is 0. The van der Waals surface area contributed by atoms with E-state index < -0.39 is 5.60 Å². The maximum Gasteiger partial charge on any atom is 0.407 e. The Morgan fingerprint density at radius 2 is 1.86 bits per heavy atom. The molecule has 1 aromatic rings. The Balaban J connectivity index is 1.75. The second kappa shape index (κ2) is 6.76. The zero-order chi connectivity index (χ0) is 16.2. The van der Waals surface area contributed by atoms with Crippen LogP contribution in [-0.4, -0.2) is 38.7 Å². The van der Waals surface area contributed by atoms with Gasteiger partial charge in [0.15, 0.2) is 0 Å². The highest BCUT2D eigenvalue weighted by Crippen LogP contribution is 2.21. The number of alkyl carbamates (subject to hydrolysis) is 1. The number of amides is 1. The predicted octanol–water partition coefficient (Wildman–Crippen LogP) is 1.70. The number of carbonyl (C=O) groups is 1. The second-order valence-corrected chi connectivity index (χ2v) is 6.51. The fraction of sp³-hybridized carbons (Fsp3) is 0.714. The first-order valence-corrected chi connectivity index (χ1v) is 7.52. The molecule has 0 unspecified atom stereocenters. The molecule has 2 rings (SSSR count). The van der Waals surface area contributed by atoms with Crippen molar-refractivity contribution < 1.29 is 9.53 Å². The van der Waals surface area contributed by atoms with Crippen molar-refractivity contribution in [2.45, 2.75) is 64.1 Å². The van der Waals surface area contributed by atoms with Crippen molar-refractivity contribution in [3.63, 3.8) is 0 Å². The van der Waals surface area contributed by atoms with Crippen LogP contribution in [0.3, 0.4) is 0 Å². The summed E-state index contributed by atoms with van der Waals surface area (Å²) in [6.45, 7) is 5.56. The van der Waals surface area contributed by atoms with E-state index in [2.05, 4.69) is 25.6 Å². The highest BCUT2D eigenvalue weighted by Gasteiger charge is 2.25. The number of nitrogen functional groups attached to an aromatic ring is 1. The van der Waals surface area contributed by atoms with E-state index in [1.54, 1.807) is 0 Å². The number of aromatic nitrogens is 3. The van der Waals surface area contributed by atoms with Gasteiger partial charge in [-0.2, -0.15) is 4.98 Å². The molecule has 1 saturated carbocycles. The van der Waals surface area contributed by atoms with Gasteiger partial charge >= 0.3 is 6.09 Å². The highest BCUT2D eigenvalue weighted by molar-refractivity contribution is 5.68. The lowest BCUT2D eigenvalue weighted by Gasteiger charge is -2.30. The summed E-state index contributed by atoms with van der Waals surface area (Å²) in [5, 5.41) is 6.17. The second-order valence-electron chi connectivity index (χ2n) is 6.51. The van der Waals surface area contributed by atoms with E-state index >= 15 is 0 Å².